The van der Waals surface area contributed by atoms with Crippen molar-refractivity contribution in [3.63, 3.8) is 0 Å². The highest BCUT2D eigenvalue weighted by Gasteiger charge is 2.15. The summed E-state index contributed by atoms with van der Waals surface area (Å²) in [6, 6.07) is 3.91. The zero-order valence-electron chi connectivity index (χ0n) is 11.9. The number of fused-ring (bicyclic) bond motifs is 1. The molecule has 1 N–H and O–H groups in total. The van der Waals surface area contributed by atoms with Gasteiger partial charge in [0.2, 0.25) is 0 Å². The molecule has 118 valence electrons. The first-order chi connectivity index (χ1) is 10.9. The van der Waals surface area contributed by atoms with Gasteiger partial charge in [0.05, 0.1) is 11.5 Å². The van der Waals surface area contributed by atoms with Crippen LogP contribution in [-0.2, 0) is 6.42 Å². The largest absolute Gasteiger partial charge is 0.545 e. The minimum atomic E-state index is -1.43. The minimum absolute atomic E-state index is 0.0125. The second-order valence-corrected chi connectivity index (χ2v) is 5.43. The van der Waals surface area contributed by atoms with Gasteiger partial charge in [0.25, 0.3) is 5.56 Å². The van der Waals surface area contributed by atoms with Crippen molar-refractivity contribution in [1.29, 1.82) is 0 Å². The van der Waals surface area contributed by atoms with Crippen molar-refractivity contribution in [3.05, 3.63) is 68.0 Å². The van der Waals surface area contributed by atoms with E-state index in [9.17, 15) is 19.1 Å². The van der Waals surface area contributed by atoms with Crippen LogP contribution in [0.4, 0.5) is 4.39 Å². The predicted molar refractivity (Wildman–Crippen MR) is 79.1 cm³/mol. The van der Waals surface area contributed by atoms with Crippen LogP contribution in [-0.4, -0.2) is 20.6 Å². The Labute approximate surface area is 134 Å². The molecule has 0 atom stereocenters. The third kappa shape index (κ3) is 2.59. The number of carboxylic acid groups (broad SMARTS) is 1. The summed E-state index contributed by atoms with van der Waals surface area (Å²) in [4.78, 5) is 27.7. The van der Waals surface area contributed by atoms with Gasteiger partial charge < -0.3 is 9.90 Å². The molecule has 0 unspecified atom stereocenters. The van der Waals surface area contributed by atoms with E-state index in [0.29, 0.717) is 16.8 Å². The van der Waals surface area contributed by atoms with Crippen LogP contribution in [0.15, 0.2) is 29.2 Å². The normalized spacial score (nSPS) is 11.1. The van der Waals surface area contributed by atoms with E-state index in [2.05, 4.69) is 10.1 Å². The second-order valence-electron chi connectivity index (χ2n) is 5.03. The molecule has 8 heteroatoms. The van der Waals surface area contributed by atoms with Gasteiger partial charge in [-0.25, -0.2) is 13.9 Å². The molecule has 0 aliphatic heterocycles. The Morgan fingerprint density at radius 2 is 2.22 bits per heavy atom. The van der Waals surface area contributed by atoms with E-state index < -0.39 is 17.3 Å². The van der Waals surface area contributed by atoms with Crippen molar-refractivity contribution >= 4 is 23.2 Å². The molecule has 0 saturated carbocycles. The molecule has 0 bridgehead atoms. The van der Waals surface area contributed by atoms with E-state index in [1.807, 2.05) is 0 Å². The lowest BCUT2D eigenvalue weighted by atomic mass is 10.0. The van der Waals surface area contributed by atoms with Crippen LogP contribution in [0.5, 0.6) is 0 Å². The summed E-state index contributed by atoms with van der Waals surface area (Å²) in [5, 5.41) is 13.8. The molecule has 3 rings (SSSR count). The molecule has 0 saturated heterocycles. The Balaban J connectivity index is 2.15. The predicted octanol–water partition coefficient (Wildman–Crippen LogP) is 1.08. The number of aryl methyl sites for hydroxylation is 1. The zero-order chi connectivity index (χ0) is 16.7. The molecule has 23 heavy (non-hydrogen) atoms. The van der Waals surface area contributed by atoms with Gasteiger partial charge >= 0.3 is 0 Å². The number of nitrogens with zero attached hydrogens (tertiary/aromatic N) is 2. The van der Waals surface area contributed by atoms with Gasteiger partial charge in [0.15, 0.2) is 5.65 Å². The van der Waals surface area contributed by atoms with Crippen molar-refractivity contribution in [2.24, 2.45) is 0 Å². The van der Waals surface area contributed by atoms with Crippen LogP contribution in [0.25, 0.3) is 5.65 Å². The van der Waals surface area contributed by atoms with E-state index in [1.54, 1.807) is 6.92 Å². The molecule has 1 aromatic carbocycles. The van der Waals surface area contributed by atoms with Gasteiger partial charge in [0.1, 0.15) is 5.82 Å². The Kier molecular flexibility index (Phi) is 3.65. The van der Waals surface area contributed by atoms with Crippen molar-refractivity contribution in [3.8, 4) is 0 Å². The van der Waals surface area contributed by atoms with Crippen molar-refractivity contribution in [1.82, 2.24) is 14.6 Å². The standard InChI is InChI=1S/C15H11ClFN3O3/c1-7-10(4-8-2-3-9(17)5-12(8)16)14(21)20-13(19-7)11(6-18-20)15(22)23/h2-3,5-6,18H,4H2,1H3,(H,22,23)/p-1. The van der Waals surface area contributed by atoms with Crippen LogP contribution in [0.1, 0.15) is 27.2 Å². The van der Waals surface area contributed by atoms with E-state index in [1.165, 1.54) is 18.2 Å². The first-order valence-electron chi connectivity index (χ1n) is 6.63. The van der Waals surface area contributed by atoms with Crippen molar-refractivity contribution in [2.45, 2.75) is 13.3 Å². The van der Waals surface area contributed by atoms with Crippen LogP contribution in [0.3, 0.4) is 0 Å². The van der Waals surface area contributed by atoms with Crippen LogP contribution >= 0.6 is 11.6 Å². The molecule has 0 aliphatic carbocycles. The number of nitrogens with one attached hydrogen (secondary N) is 1. The SMILES string of the molecule is Cc1nc2c(C(=O)[O-])c[nH]n2c(=O)c1Cc1ccc(F)cc1Cl. The summed E-state index contributed by atoms with van der Waals surface area (Å²) < 4.78 is 14.1. The maximum atomic E-state index is 13.1. The smallest absolute Gasteiger partial charge is 0.276 e. The zero-order valence-corrected chi connectivity index (χ0v) is 12.6. The van der Waals surface area contributed by atoms with E-state index in [4.69, 9.17) is 11.6 Å². The highest BCUT2D eigenvalue weighted by Crippen LogP contribution is 2.20. The van der Waals surface area contributed by atoms with Crippen molar-refractivity contribution < 1.29 is 14.3 Å². The number of rotatable bonds is 3. The summed E-state index contributed by atoms with van der Waals surface area (Å²) in [6.07, 6.45) is 1.30. The molecule has 2 heterocycles. The summed E-state index contributed by atoms with van der Waals surface area (Å²) in [5.41, 5.74) is 0.625. The number of carbonyl (C=O) groups excluding carboxylic acids is 1. The maximum absolute atomic E-state index is 13.1. The Morgan fingerprint density at radius 3 is 2.87 bits per heavy atom. The lowest BCUT2D eigenvalue weighted by Crippen LogP contribution is -2.25. The third-order valence-electron chi connectivity index (χ3n) is 3.56. The number of aromatic amines is 1. The van der Waals surface area contributed by atoms with E-state index in [0.717, 1.165) is 10.7 Å². The first-order valence-corrected chi connectivity index (χ1v) is 7.01. The fourth-order valence-corrected chi connectivity index (χ4v) is 2.60. The molecular formula is C15H10ClFN3O3-. The average molecular weight is 335 g/mol. The summed E-state index contributed by atoms with van der Waals surface area (Å²) in [6.45, 7) is 1.60. The van der Waals surface area contributed by atoms with Crippen LogP contribution in [0, 0.1) is 12.7 Å². The number of carboxylic acids is 1. The Morgan fingerprint density at radius 1 is 1.48 bits per heavy atom. The highest BCUT2D eigenvalue weighted by molar-refractivity contribution is 6.31. The minimum Gasteiger partial charge on any atom is -0.545 e. The van der Waals surface area contributed by atoms with Gasteiger partial charge in [-0.05, 0) is 24.6 Å². The quantitative estimate of drug-likeness (QED) is 0.776. The van der Waals surface area contributed by atoms with Crippen LogP contribution in [0.2, 0.25) is 5.02 Å². The Hall–Kier alpha value is -2.67. The fourth-order valence-electron chi connectivity index (χ4n) is 2.37. The van der Waals surface area contributed by atoms with Gasteiger partial charge in [-0.15, -0.1) is 0 Å². The summed E-state index contributed by atoms with van der Waals surface area (Å²) in [5.74, 6) is -1.90. The summed E-state index contributed by atoms with van der Waals surface area (Å²) >= 11 is 5.98. The average Bonchev–Trinajstić information content (AvgIpc) is 2.89. The molecular weight excluding hydrogens is 325 g/mol. The number of carbonyl (C=O) groups is 1. The fraction of sp³-hybridized carbons (Fsp3) is 0.133. The molecule has 6 nitrogen and oxygen atoms in total. The molecule has 0 spiro atoms. The molecule has 0 fully saturated rings. The second kappa shape index (κ2) is 5.51. The number of H-pyrrole nitrogens is 1. The first kappa shape index (κ1) is 15.2. The molecule has 2 aromatic heterocycles. The number of hydrogen-bond acceptors (Lipinski definition) is 4. The lowest BCUT2D eigenvalue weighted by molar-refractivity contribution is -0.254. The lowest BCUT2D eigenvalue weighted by Gasteiger charge is -2.08. The molecule has 0 amide bonds. The summed E-state index contributed by atoms with van der Waals surface area (Å²) in [7, 11) is 0. The number of benzene rings is 1. The number of hydrogen-bond donors (Lipinski definition) is 1. The number of halogens is 2. The third-order valence-corrected chi connectivity index (χ3v) is 3.92. The van der Waals surface area contributed by atoms with Crippen molar-refractivity contribution in [2.75, 3.05) is 0 Å². The van der Waals surface area contributed by atoms with Gasteiger partial charge in [-0.1, -0.05) is 17.7 Å². The monoisotopic (exact) mass is 334 g/mol. The molecule has 0 radical (unpaired) electrons. The topological polar surface area (TPSA) is 90.3 Å². The number of aromatic nitrogens is 3. The van der Waals surface area contributed by atoms with Crippen LogP contribution < -0.4 is 10.7 Å². The van der Waals surface area contributed by atoms with Gasteiger partial charge in [-0.3, -0.25) is 9.89 Å². The van der Waals surface area contributed by atoms with Gasteiger partial charge in [-0.2, -0.15) is 0 Å². The van der Waals surface area contributed by atoms with E-state index >= 15 is 0 Å². The molecule has 0 aliphatic rings. The number of aromatic carboxylic acids is 1. The highest BCUT2D eigenvalue weighted by atomic mass is 35.5. The Bertz CT molecular complexity index is 994. The maximum Gasteiger partial charge on any atom is 0.276 e. The van der Waals surface area contributed by atoms with Gasteiger partial charge in [0, 0.05) is 28.9 Å². The molecule has 3 aromatic rings. The van der Waals surface area contributed by atoms with E-state index in [-0.39, 0.29) is 22.7 Å².